The number of carbonyl (C=O) groups is 2. The zero-order chi connectivity index (χ0) is 25.8. The summed E-state index contributed by atoms with van der Waals surface area (Å²) in [5.74, 6) is -0.222. The number of aryl methyl sites for hydroxylation is 1. The van der Waals surface area contributed by atoms with E-state index in [1.54, 1.807) is 31.4 Å². The fourth-order valence-corrected chi connectivity index (χ4v) is 4.40. The van der Waals surface area contributed by atoms with Gasteiger partial charge in [-0.2, -0.15) is 0 Å². The molecule has 0 bridgehead atoms. The van der Waals surface area contributed by atoms with Crippen LogP contribution in [-0.4, -0.2) is 34.9 Å². The number of hydrogen-bond acceptors (Lipinski definition) is 5. The van der Waals surface area contributed by atoms with Crippen molar-refractivity contribution in [3.63, 3.8) is 0 Å². The minimum Gasteiger partial charge on any atom is -0.507 e. The molecule has 1 saturated heterocycles. The molecule has 186 valence electrons. The molecule has 1 fully saturated rings. The first-order chi connectivity index (χ1) is 17.3. The first kappa shape index (κ1) is 25.0. The van der Waals surface area contributed by atoms with E-state index in [2.05, 4.69) is 0 Å². The molecule has 0 radical (unpaired) electrons. The highest BCUT2D eigenvalue weighted by Gasteiger charge is 2.46. The van der Waals surface area contributed by atoms with E-state index in [-0.39, 0.29) is 24.0 Å². The Hall–Kier alpha value is -4.06. The zero-order valence-corrected chi connectivity index (χ0v) is 21.0. The predicted octanol–water partition coefficient (Wildman–Crippen LogP) is 5.67. The molecule has 1 atom stereocenters. The van der Waals surface area contributed by atoms with Gasteiger partial charge in [0.25, 0.3) is 11.7 Å². The van der Waals surface area contributed by atoms with Crippen LogP contribution in [-0.2, 0) is 22.6 Å². The average Bonchev–Trinajstić information content (AvgIpc) is 3.14. The minimum atomic E-state index is -0.766. The number of amides is 1. The van der Waals surface area contributed by atoms with Crippen molar-refractivity contribution in [2.75, 3.05) is 7.11 Å². The zero-order valence-electron chi connectivity index (χ0n) is 21.0. The van der Waals surface area contributed by atoms with Crippen LogP contribution in [0.1, 0.15) is 49.1 Å². The molecule has 4 rings (SSSR count). The number of aliphatic hydroxyl groups is 1. The van der Waals surface area contributed by atoms with E-state index in [0.717, 1.165) is 23.3 Å². The van der Waals surface area contributed by atoms with Gasteiger partial charge in [-0.25, -0.2) is 0 Å². The summed E-state index contributed by atoms with van der Waals surface area (Å²) in [6.07, 6.45) is 0.907. The summed E-state index contributed by atoms with van der Waals surface area (Å²) in [4.78, 5) is 28.1. The van der Waals surface area contributed by atoms with Crippen LogP contribution < -0.4 is 9.47 Å². The molecule has 0 aliphatic carbocycles. The summed E-state index contributed by atoms with van der Waals surface area (Å²) in [6, 6.07) is 21.3. The van der Waals surface area contributed by atoms with Gasteiger partial charge in [-0.05, 0) is 61.2 Å². The van der Waals surface area contributed by atoms with Crippen LogP contribution in [0.25, 0.3) is 5.76 Å². The van der Waals surface area contributed by atoms with Crippen LogP contribution in [0.15, 0.2) is 78.4 Å². The highest BCUT2D eigenvalue weighted by Crippen LogP contribution is 2.41. The molecule has 1 N–H and O–H groups in total. The molecule has 1 amide bonds. The number of carbonyl (C=O) groups excluding carboxylic acids is 2. The van der Waals surface area contributed by atoms with E-state index >= 15 is 0 Å². The van der Waals surface area contributed by atoms with Crippen LogP contribution in [0.5, 0.6) is 11.5 Å². The number of Topliss-reactive ketones (excluding diaryl/α,β-unsaturated/α-hetero) is 1. The maximum absolute atomic E-state index is 13.3. The Morgan fingerprint density at radius 3 is 2.22 bits per heavy atom. The lowest BCUT2D eigenvalue weighted by molar-refractivity contribution is -0.140. The van der Waals surface area contributed by atoms with E-state index < -0.39 is 17.7 Å². The van der Waals surface area contributed by atoms with E-state index in [1.165, 1.54) is 4.90 Å². The second kappa shape index (κ2) is 10.7. The molecule has 6 nitrogen and oxygen atoms in total. The molecule has 1 aliphatic heterocycles. The number of rotatable bonds is 8. The number of likely N-dealkylation sites (tertiary alicyclic amines) is 1. The molecule has 1 aliphatic rings. The van der Waals surface area contributed by atoms with Crippen molar-refractivity contribution in [2.45, 2.75) is 45.9 Å². The number of methoxy groups -OCH3 is 1. The van der Waals surface area contributed by atoms with Gasteiger partial charge < -0.3 is 19.5 Å². The molecule has 0 aromatic heterocycles. The number of ether oxygens (including phenoxy) is 2. The number of nitrogens with zero attached hydrogens (tertiary/aromatic N) is 1. The first-order valence-electron chi connectivity index (χ1n) is 12.1. The summed E-state index contributed by atoms with van der Waals surface area (Å²) >= 11 is 0. The molecule has 0 spiro atoms. The molecule has 3 aromatic rings. The topological polar surface area (TPSA) is 76.1 Å². The molecule has 1 heterocycles. The van der Waals surface area contributed by atoms with Crippen molar-refractivity contribution in [1.82, 2.24) is 4.90 Å². The molecule has 3 aromatic carbocycles. The molecule has 1 unspecified atom stereocenters. The number of benzene rings is 3. The fourth-order valence-electron chi connectivity index (χ4n) is 4.40. The van der Waals surface area contributed by atoms with Crippen LogP contribution in [0, 0.1) is 0 Å². The molecular formula is C30H31NO5. The normalized spacial score (nSPS) is 17.0. The van der Waals surface area contributed by atoms with Crippen molar-refractivity contribution in [3.8, 4) is 11.5 Å². The van der Waals surface area contributed by atoms with Crippen molar-refractivity contribution in [3.05, 3.63) is 101 Å². The highest BCUT2D eigenvalue weighted by atomic mass is 16.5. The standard InChI is InChI=1S/C30H31NO5/c1-5-20-9-13-22(14-10-20)28(32)26-27(23-7-6-8-25(17-23)35-4)31(30(34)29(26)33)18-21-11-15-24(16-12-21)36-19(2)3/h6-17,19,27,32H,5,18H2,1-4H3/b28-26-. The quantitative estimate of drug-likeness (QED) is 0.253. The number of hydrogen-bond donors (Lipinski definition) is 1. The second-order valence-electron chi connectivity index (χ2n) is 9.06. The maximum Gasteiger partial charge on any atom is 0.295 e. The Balaban J connectivity index is 1.78. The number of ketones is 1. The molecule has 0 saturated carbocycles. The van der Waals surface area contributed by atoms with Gasteiger partial charge in [-0.1, -0.05) is 55.5 Å². The summed E-state index contributed by atoms with van der Waals surface area (Å²) < 4.78 is 11.1. The van der Waals surface area contributed by atoms with Crippen LogP contribution in [0.4, 0.5) is 0 Å². The summed E-state index contributed by atoms with van der Waals surface area (Å²) in [7, 11) is 1.56. The van der Waals surface area contributed by atoms with Crippen molar-refractivity contribution >= 4 is 17.4 Å². The summed E-state index contributed by atoms with van der Waals surface area (Å²) in [5.41, 5.74) is 3.19. The van der Waals surface area contributed by atoms with Gasteiger partial charge in [-0.15, -0.1) is 0 Å². The smallest absolute Gasteiger partial charge is 0.295 e. The lowest BCUT2D eigenvalue weighted by atomic mass is 9.94. The second-order valence-corrected chi connectivity index (χ2v) is 9.06. The third kappa shape index (κ3) is 5.13. The summed E-state index contributed by atoms with van der Waals surface area (Å²) in [6.45, 7) is 6.15. The van der Waals surface area contributed by atoms with Crippen LogP contribution >= 0.6 is 0 Å². The SMILES string of the molecule is CCc1ccc(/C(O)=C2/C(=O)C(=O)N(Cc3ccc(OC(C)C)cc3)C2c2cccc(OC)c2)cc1. The Morgan fingerprint density at radius 1 is 0.944 bits per heavy atom. The van der Waals surface area contributed by atoms with Gasteiger partial charge in [0.1, 0.15) is 17.3 Å². The lowest BCUT2D eigenvalue weighted by Gasteiger charge is -2.26. The Kier molecular flexibility index (Phi) is 7.44. The van der Waals surface area contributed by atoms with E-state index in [0.29, 0.717) is 16.9 Å². The Morgan fingerprint density at radius 2 is 1.61 bits per heavy atom. The first-order valence-corrected chi connectivity index (χ1v) is 12.1. The maximum atomic E-state index is 13.3. The predicted molar refractivity (Wildman–Crippen MR) is 139 cm³/mol. The van der Waals surface area contributed by atoms with Gasteiger partial charge in [-0.3, -0.25) is 9.59 Å². The van der Waals surface area contributed by atoms with E-state index in [4.69, 9.17) is 9.47 Å². The minimum absolute atomic E-state index is 0.0492. The van der Waals surface area contributed by atoms with E-state index in [1.807, 2.05) is 69.3 Å². The van der Waals surface area contributed by atoms with Crippen LogP contribution in [0.3, 0.4) is 0 Å². The summed E-state index contributed by atoms with van der Waals surface area (Å²) in [5, 5.41) is 11.3. The fraction of sp³-hybridized carbons (Fsp3) is 0.267. The van der Waals surface area contributed by atoms with Gasteiger partial charge in [0.05, 0.1) is 24.8 Å². The number of aliphatic hydroxyl groups excluding tert-OH is 1. The van der Waals surface area contributed by atoms with E-state index in [9.17, 15) is 14.7 Å². The molecular weight excluding hydrogens is 454 g/mol. The Bertz CT molecular complexity index is 1280. The van der Waals surface area contributed by atoms with Crippen molar-refractivity contribution < 1.29 is 24.2 Å². The van der Waals surface area contributed by atoms with Crippen molar-refractivity contribution in [1.29, 1.82) is 0 Å². The van der Waals surface area contributed by atoms with Crippen LogP contribution in [0.2, 0.25) is 0 Å². The third-order valence-electron chi connectivity index (χ3n) is 6.23. The van der Waals surface area contributed by atoms with Gasteiger partial charge in [0.15, 0.2) is 0 Å². The molecule has 36 heavy (non-hydrogen) atoms. The average molecular weight is 486 g/mol. The van der Waals surface area contributed by atoms with Crippen molar-refractivity contribution in [2.24, 2.45) is 0 Å². The largest absolute Gasteiger partial charge is 0.507 e. The van der Waals surface area contributed by atoms with Gasteiger partial charge in [0, 0.05) is 12.1 Å². The third-order valence-corrected chi connectivity index (χ3v) is 6.23. The monoisotopic (exact) mass is 485 g/mol. The van der Waals surface area contributed by atoms with Gasteiger partial charge in [0.2, 0.25) is 0 Å². The molecule has 6 heteroatoms. The van der Waals surface area contributed by atoms with Gasteiger partial charge >= 0.3 is 0 Å². The lowest BCUT2D eigenvalue weighted by Crippen LogP contribution is -2.29. The Labute approximate surface area is 211 Å². The highest BCUT2D eigenvalue weighted by molar-refractivity contribution is 6.46.